The van der Waals surface area contributed by atoms with Gasteiger partial charge < -0.3 is 25.2 Å². The summed E-state index contributed by atoms with van der Waals surface area (Å²) in [7, 11) is 3.55. The maximum absolute atomic E-state index is 12.4. The van der Waals surface area contributed by atoms with Crippen LogP contribution in [0, 0.1) is 0 Å². The molecule has 2 amide bonds. The first-order valence-electron chi connectivity index (χ1n) is 12.0. The number of nitrogens with zero attached hydrogens (tertiary/aromatic N) is 6. The number of aromatic nitrogens is 4. The topological polar surface area (TPSA) is 118 Å². The lowest BCUT2D eigenvalue weighted by Crippen LogP contribution is -2.52. The predicted octanol–water partition coefficient (Wildman–Crippen LogP) is 3.84. The van der Waals surface area contributed by atoms with Gasteiger partial charge in [-0.05, 0) is 26.8 Å². The molecule has 194 valence electrons. The Kier molecular flexibility index (Phi) is 6.18. The molecule has 1 fully saturated rings. The minimum Gasteiger partial charge on any atom is -0.444 e. The zero-order valence-corrected chi connectivity index (χ0v) is 22.1. The maximum Gasteiger partial charge on any atom is 0.410 e. The van der Waals surface area contributed by atoms with Gasteiger partial charge in [-0.2, -0.15) is 5.10 Å². The van der Waals surface area contributed by atoms with Crippen LogP contribution in [0.3, 0.4) is 0 Å². The number of carbonyl (C=O) groups is 2. The van der Waals surface area contributed by atoms with E-state index in [1.807, 2.05) is 56.9 Å². The van der Waals surface area contributed by atoms with Crippen LogP contribution in [0.1, 0.15) is 43.0 Å². The van der Waals surface area contributed by atoms with Crippen LogP contribution in [0.15, 0.2) is 30.5 Å². The van der Waals surface area contributed by atoms with E-state index in [2.05, 4.69) is 25.7 Å². The van der Waals surface area contributed by atoms with E-state index in [0.717, 1.165) is 28.2 Å². The minimum atomic E-state index is -0.524. The van der Waals surface area contributed by atoms with Gasteiger partial charge in [0, 0.05) is 44.4 Å². The SMILES string of the molecule is CNC(=O)c1nnc(Cl)cc1Nc1cccc2c1N(C)Cc1c-2cnn1C1CN(C(=O)OC(C)(C)C)C1. The molecule has 0 atom stereocenters. The Balaban J connectivity index is 1.42. The number of ether oxygens (including phenoxy) is 1. The van der Waals surface area contributed by atoms with Crippen molar-refractivity contribution in [3.63, 3.8) is 0 Å². The number of hydrogen-bond acceptors (Lipinski definition) is 8. The molecule has 11 nitrogen and oxygen atoms in total. The molecule has 2 aromatic heterocycles. The van der Waals surface area contributed by atoms with Gasteiger partial charge in [-0.3, -0.25) is 9.48 Å². The van der Waals surface area contributed by atoms with Crippen molar-refractivity contribution in [2.45, 2.75) is 39.0 Å². The molecule has 0 unspecified atom stereocenters. The van der Waals surface area contributed by atoms with Crippen LogP contribution in [0.2, 0.25) is 5.15 Å². The van der Waals surface area contributed by atoms with Gasteiger partial charge in [0.2, 0.25) is 0 Å². The Hall–Kier alpha value is -3.86. The third kappa shape index (κ3) is 4.66. The number of nitrogens with one attached hydrogen (secondary N) is 2. The van der Waals surface area contributed by atoms with E-state index in [1.54, 1.807) is 11.0 Å². The highest BCUT2D eigenvalue weighted by molar-refractivity contribution is 6.29. The smallest absolute Gasteiger partial charge is 0.410 e. The largest absolute Gasteiger partial charge is 0.444 e. The first-order chi connectivity index (χ1) is 17.6. The molecule has 12 heteroatoms. The number of para-hydroxylation sites is 1. The molecule has 0 radical (unpaired) electrons. The standard InChI is InChI=1S/C25H29ClN8O3/c1-25(2,3)37-24(36)33-11-14(12-33)34-19-13-32(5)22-15(16(19)10-28-34)7-6-8-17(22)29-18-9-20(26)30-31-21(18)23(35)27-4/h6-10,14H,11-13H2,1-5H3,(H,27,35)(H,29,30). The fourth-order valence-electron chi connectivity index (χ4n) is 4.64. The van der Waals surface area contributed by atoms with Gasteiger partial charge in [0.1, 0.15) is 5.60 Å². The Bertz CT molecular complexity index is 1380. The number of likely N-dealkylation sites (tertiary alicyclic amines) is 1. The number of benzene rings is 1. The molecule has 0 spiro atoms. The lowest BCUT2D eigenvalue weighted by Gasteiger charge is -2.41. The van der Waals surface area contributed by atoms with Crippen molar-refractivity contribution in [2.24, 2.45) is 0 Å². The molecule has 0 saturated carbocycles. The number of anilines is 3. The first-order valence-corrected chi connectivity index (χ1v) is 12.3. The lowest BCUT2D eigenvalue weighted by atomic mass is 9.97. The minimum absolute atomic E-state index is 0.0904. The summed E-state index contributed by atoms with van der Waals surface area (Å²) in [6, 6.07) is 7.61. The summed E-state index contributed by atoms with van der Waals surface area (Å²) in [4.78, 5) is 28.5. The van der Waals surface area contributed by atoms with Gasteiger partial charge >= 0.3 is 6.09 Å². The van der Waals surface area contributed by atoms with Crippen LogP contribution in [0.25, 0.3) is 11.1 Å². The van der Waals surface area contributed by atoms with Crippen molar-refractivity contribution in [1.82, 2.24) is 30.2 Å². The number of hydrogen-bond donors (Lipinski definition) is 2. The molecule has 3 aromatic rings. The van der Waals surface area contributed by atoms with Crippen molar-refractivity contribution in [2.75, 3.05) is 37.4 Å². The van der Waals surface area contributed by atoms with Crippen molar-refractivity contribution < 1.29 is 14.3 Å². The third-order valence-corrected chi connectivity index (χ3v) is 6.51. The van der Waals surface area contributed by atoms with Gasteiger partial charge in [0.25, 0.3) is 5.91 Å². The summed E-state index contributed by atoms with van der Waals surface area (Å²) in [5, 5.41) is 18.6. The van der Waals surface area contributed by atoms with E-state index in [9.17, 15) is 9.59 Å². The first kappa shape index (κ1) is 24.8. The summed E-state index contributed by atoms with van der Waals surface area (Å²) in [5.41, 5.74) is 4.98. The Morgan fingerprint density at radius 3 is 2.59 bits per heavy atom. The van der Waals surface area contributed by atoms with E-state index >= 15 is 0 Å². The molecule has 0 aliphatic carbocycles. The summed E-state index contributed by atoms with van der Waals surface area (Å²) in [6.07, 6.45) is 1.58. The molecular weight excluding hydrogens is 496 g/mol. The Labute approximate surface area is 219 Å². The van der Waals surface area contributed by atoms with E-state index < -0.39 is 5.60 Å². The summed E-state index contributed by atoms with van der Waals surface area (Å²) < 4.78 is 7.50. The average Bonchev–Trinajstić information content (AvgIpc) is 3.20. The van der Waals surface area contributed by atoms with Crippen LogP contribution in [0.4, 0.5) is 21.9 Å². The molecule has 1 aromatic carbocycles. The van der Waals surface area contributed by atoms with Crippen molar-refractivity contribution in [3.8, 4) is 11.1 Å². The second kappa shape index (κ2) is 9.22. The predicted molar refractivity (Wildman–Crippen MR) is 140 cm³/mol. The van der Waals surface area contributed by atoms with E-state index in [0.29, 0.717) is 25.3 Å². The molecule has 0 bridgehead atoms. The molecule has 1 saturated heterocycles. The number of carbonyl (C=O) groups excluding carboxylic acids is 2. The molecular formula is C25H29ClN8O3. The second-order valence-corrected chi connectivity index (χ2v) is 10.6. The van der Waals surface area contributed by atoms with Crippen LogP contribution in [0.5, 0.6) is 0 Å². The highest BCUT2D eigenvalue weighted by Crippen LogP contribution is 2.44. The zero-order chi connectivity index (χ0) is 26.5. The molecule has 2 aliphatic heterocycles. The Morgan fingerprint density at radius 2 is 1.89 bits per heavy atom. The van der Waals surface area contributed by atoms with Gasteiger partial charge in [-0.25, -0.2) is 4.79 Å². The van der Waals surface area contributed by atoms with Gasteiger partial charge in [0.05, 0.1) is 41.5 Å². The van der Waals surface area contributed by atoms with Gasteiger partial charge in [-0.1, -0.05) is 23.7 Å². The molecule has 37 heavy (non-hydrogen) atoms. The fourth-order valence-corrected chi connectivity index (χ4v) is 4.79. The molecule has 2 N–H and O–H groups in total. The summed E-state index contributed by atoms with van der Waals surface area (Å²) in [6.45, 7) is 7.32. The molecule has 2 aliphatic rings. The van der Waals surface area contributed by atoms with E-state index in [1.165, 1.54) is 7.05 Å². The quantitative estimate of drug-likeness (QED) is 0.528. The average molecular weight is 525 g/mol. The number of amides is 2. The van der Waals surface area contributed by atoms with Gasteiger partial charge in [-0.15, -0.1) is 10.2 Å². The molecule has 5 rings (SSSR count). The highest BCUT2D eigenvalue weighted by Gasteiger charge is 2.38. The van der Waals surface area contributed by atoms with E-state index in [-0.39, 0.29) is 28.9 Å². The maximum atomic E-state index is 12.4. The van der Waals surface area contributed by atoms with Gasteiger partial charge in [0.15, 0.2) is 10.8 Å². The van der Waals surface area contributed by atoms with Crippen molar-refractivity contribution in [3.05, 3.63) is 47.0 Å². The highest BCUT2D eigenvalue weighted by atomic mass is 35.5. The number of fused-ring (bicyclic) bond motifs is 3. The third-order valence-electron chi connectivity index (χ3n) is 6.33. The van der Waals surface area contributed by atoms with Crippen LogP contribution in [-0.2, 0) is 11.3 Å². The zero-order valence-electron chi connectivity index (χ0n) is 21.4. The van der Waals surface area contributed by atoms with Crippen LogP contribution >= 0.6 is 11.6 Å². The second-order valence-electron chi connectivity index (χ2n) is 10.2. The number of rotatable bonds is 4. The monoisotopic (exact) mass is 524 g/mol. The van der Waals surface area contributed by atoms with Crippen molar-refractivity contribution >= 4 is 40.7 Å². The normalized spacial score (nSPS) is 15.0. The summed E-state index contributed by atoms with van der Waals surface area (Å²) >= 11 is 6.08. The van der Waals surface area contributed by atoms with Crippen LogP contribution < -0.4 is 15.5 Å². The summed E-state index contributed by atoms with van der Waals surface area (Å²) in [5.74, 6) is -0.366. The molecule has 4 heterocycles. The Morgan fingerprint density at radius 1 is 1.14 bits per heavy atom. The van der Waals surface area contributed by atoms with E-state index in [4.69, 9.17) is 21.4 Å². The number of halogens is 1. The lowest BCUT2D eigenvalue weighted by molar-refractivity contribution is -0.000761. The van der Waals surface area contributed by atoms with Crippen molar-refractivity contribution in [1.29, 1.82) is 0 Å². The van der Waals surface area contributed by atoms with Crippen LogP contribution in [-0.4, -0.2) is 69.7 Å². The fraction of sp³-hybridized carbons (Fsp3) is 0.400.